The lowest BCUT2D eigenvalue weighted by Crippen LogP contribution is -2.07. The van der Waals surface area contributed by atoms with Gasteiger partial charge in [0.15, 0.2) is 0 Å². The second kappa shape index (κ2) is 20.2. The van der Waals surface area contributed by atoms with Gasteiger partial charge in [-0.25, -0.2) is 4.98 Å². The summed E-state index contributed by atoms with van der Waals surface area (Å²) >= 11 is 3.75. The van der Waals surface area contributed by atoms with Crippen LogP contribution in [0, 0.1) is 6.92 Å². The summed E-state index contributed by atoms with van der Waals surface area (Å²) in [6.07, 6.45) is 33.0. The number of nitrogens with zero attached hydrogens (tertiary/aromatic N) is 2. The molecule has 13 rings (SSSR count). The lowest BCUT2D eigenvalue weighted by molar-refractivity contribution is 0.660. The summed E-state index contributed by atoms with van der Waals surface area (Å²) in [6.45, 7) is 10.6. The van der Waals surface area contributed by atoms with E-state index in [4.69, 9.17) is 4.98 Å². The molecule has 5 aromatic carbocycles. The number of thiophene rings is 1. The minimum absolute atomic E-state index is 1.06. The summed E-state index contributed by atoms with van der Waals surface area (Å²) in [5.41, 5.74) is 26.1. The maximum atomic E-state index is 5.42. The zero-order valence-electron chi connectivity index (χ0n) is 41.6. The molecule has 350 valence electrons. The van der Waals surface area contributed by atoms with Crippen molar-refractivity contribution in [1.82, 2.24) is 9.55 Å². The van der Waals surface area contributed by atoms with Crippen LogP contribution in [-0.2, 0) is 25.7 Å². The number of aryl methyl sites for hydroxylation is 2. The highest BCUT2D eigenvalue weighted by Gasteiger charge is 2.26. The van der Waals surface area contributed by atoms with E-state index in [-0.39, 0.29) is 0 Å². The Bertz CT molecular complexity index is 3400. The summed E-state index contributed by atoms with van der Waals surface area (Å²) < 4.78 is 5.20. The molecule has 3 aromatic heterocycles. The Morgan fingerprint density at radius 2 is 1.04 bits per heavy atom. The van der Waals surface area contributed by atoms with Crippen LogP contribution in [0.4, 0.5) is 0 Å². The number of thiazole rings is 1. The van der Waals surface area contributed by atoms with Crippen LogP contribution in [0.25, 0.3) is 82.1 Å². The van der Waals surface area contributed by atoms with Crippen LogP contribution in [0.1, 0.15) is 118 Å². The van der Waals surface area contributed by atoms with Crippen molar-refractivity contribution in [3.05, 3.63) is 200 Å². The van der Waals surface area contributed by atoms with E-state index >= 15 is 0 Å². The molecule has 2 nitrogen and oxygen atoms in total. The Hall–Kier alpha value is -6.33. The van der Waals surface area contributed by atoms with Gasteiger partial charge in [0.1, 0.15) is 5.01 Å². The van der Waals surface area contributed by atoms with Gasteiger partial charge < -0.3 is 4.57 Å². The summed E-state index contributed by atoms with van der Waals surface area (Å²) in [5, 5.41) is 2.47. The number of hydrogen-bond donors (Lipinski definition) is 0. The monoisotopic (exact) mass is 948 g/mol. The molecule has 0 bridgehead atoms. The lowest BCUT2D eigenvalue weighted by atomic mass is 9.85. The molecule has 0 aliphatic heterocycles. The van der Waals surface area contributed by atoms with Crippen LogP contribution in [0.5, 0.6) is 0 Å². The Morgan fingerprint density at radius 3 is 1.76 bits per heavy atom. The second-order valence-electron chi connectivity index (χ2n) is 19.4. The Morgan fingerprint density at radius 1 is 0.471 bits per heavy atom. The van der Waals surface area contributed by atoms with Crippen LogP contribution in [0.2, 0.25) is 0 Å². The molecule has 5 aliphatic rings. The third-order valence-corrected chi connectivity index (χ3v) is 17.5. The number of rotatable bonds is 6. The highest BCUT2D eigenvalue weighted by atomic mass is 32.1. The first-order valence-electron chi connectivity index (χ1n) is 26.0. The van der Waals surface area contributed by atoms with Crippen molar-refractivity contribution in [1.29, 1.82) is 0 Å². The van der Waals surface area contributed by atoms with Crippen molar-refractivity contribution in [3.8, 4) is 49.6 Å². The third kappa shape index (κ3) is 8.68. The zero-order valence-corrected chi connectivity index (χ0v) is 43.3. The first-order chi connectivity index (χ1) is 34.5. The molecule has 0 radical (unpaired) electrons. The number of aromatic nitrogens is 2. The Labute approximate surface area is 423 Å². The lowest BCUT2D eigenvalue weighted by Gasteiger charge is -2.20. The first-order valence-corrected chi connectivity index (χ1v) is 27.7. The highest BCUT2D eigenvalue weighted by molar-refractivity contribution is 7.22. The van der Waals surface area contributed by atoms with E-state index < -0.39 is 0 Å². The van der Waals surface area contributed by atoms with Gasteiger partial charge in [0.25, 0.3) is 0 Å². The maximum Gasteiger partial charge on any atom is 0.124 e. The van der Waals surface area contributed by atoms with Gasteiger partial charge in [-0.15, -0.1) is 22.7 Å². The average molecular weight is 949 g/mol. The molecule has 8 aromatic rings. The summed E-state index contributed by atoms with van der Waals surface area (Å²) in [4.78, 5) is 6.84. The molecular weight excluding hydrogens is 885 g/mol. The molecule has 0 saturated carbocycles. The fourth-order valence-corrected chi connectivity index (χ4v) is 14.0. The van der Waals surface area contributed by atoms with Crippen molar-refractivity contribution in [2.75, 3.05) is 0 Å². The topological polar surface area (TPSA) is 17.8 Å². The molecule has 5 aliphatic carbocycles. The predicted molar refractivity (Wildman–Crippen MR) is 306 cm³/mol. The maximum absolute atomic E-state index is 5.42. The fraction of sp³-hybridized carbons (Fsp3) is 0.258. The second-order valence-corrected chi connectivity index (χ2v) is 21.4. The van der Waals surface area contributed by atoms with E-state index in [1.54, 1.807) is 22.3 Å². The minimum atomic E-state index is 1.06. The predicted octanol–water partition coefficient (Wildman–Crippen LogP) is 19.4. The van der Waals surface area contributed by atoms with Gasteiger partial charge in [-0.2, -0.15) is 0 Å². The number of hydrogen-bond acceptors (Lipinski definition) is 3. The standard InChI is InChI=1S/C50H40N2S2.C14H18.C2H6/c1-31-17-19-32(20-18-31)37-29-30-39(34-25-27-36(28-26-34)52-44-14-5-2-9-40(44)41-10-3-6-15-45(41)52)49-47(37)51-50(54-49)35-23-21-33(22-24-35)38-12-8-13-43-42-11-4-7-16-46(42)53-48(38)43;1-11-7-3-5-9-13(11)14-10-6-4-8-12(14)2;1-2/h5,7-8,12-14,16-30H,2-4,6,9-11,15H2,1H3;3-4,7-8H,5-6,9-10H2,1-2H3;1-2H3. The van der Waals surface area contributed by atoms with Crippen LogP contribution >= 0.6 is 22.7 Å². The SMILES string of the molecule is CC.CC1=C(C2=C(C)C=CCC2)CCC=C1.Cc1ccc(-c2ccc(-c3ccc(-n4c5c(c6c4CCCC6)CCC=C5)cc3)c3sc(-c4ccc(-c5cccc6c7c(sc56)C=CCC7)cc4)nc23)cc1. The molecule has 0 unspecified atom stereocenters. The highest BCUT2D eigenvalue weighted by Crippen LogP contribution is 2.45. The first kappa shape index (κ1) is 46.1. The van der Waals surface area contributed by atoms with E-state index in [2.05, 4.69) is 177 Å². The molecule has 70 heavy (non-hydrogen) atoms. The number of benzene rings is 5. The van der Waals surface area contributed by atoms with Gasteiger partial charge in [-0.1, -0.05) is 147 Å². The number of fused-ring (bicyclic) bond motifs is 7. The minimum Gasteiger partial charge on any atom is -0.314 e. The van der Waals surface area contributed by atoms with Crippen molar-refractivity contribution in [3.63, 3.8) is 0 Å². The van der Waals surface area contributed by atoms with Gasteiger partial charge in [-0.3, -0.25) is 0 Å². The van der Waals surface area contributed by atoms with Crippen molar-refractivity contribution in [2.45, 2.75) is 112 Å². The average Bonchev–Trinajstić information content (AvgIpc) is 4.13. The van der Waals surface area contributed by atoms with Gasteiger partial charge in [-0.05, 0) is 189 Å². The normalized spacial score (nSPS) is 15.9. The van der Waals surface area contributed by atoms with Gasteiger partial charge in [0.2, 0.25) is 0 Å². The molecule has 3 heterocycles. The summed E-state index contributed by atoms with van der Waals surface area (Å²) in [5.74, 6) is 0. The van der Waals surface area contributed by atoms with E-state index in [0.717, 1.165) is 35.4 Å². The van der Waals surface area contributed by atoms with Crippen LogP contribution in [0.15, 0.2) is 162 Å². The van der Waals surface area contributed by atoms with E-state index in [1.165, 1.54) is 150 Å². The molecular formula is C66H64N2S2. The van der Waals surface area contributed by atoms with Crippen LogP contribution in [-0.4, -0.2) is 9.55 Å². The van der Waals surface area contributed by atoms with Crippen LogP contribution in [0.3, 0.4) is 0 Å². The molecule has 0 atom stereocenters. The van der Waals surface area contributed by atoms with Gasteiger partial charge in [0.05, 0.1) is 10.2 Å². The van der Waals surface area contributed by atoms with E-state index in [9.17, 15) is 0 Å². The van der Waals surface area contributed by atoms with Crippen molar-refractivity contribution >= 4 is 55.1 Å². The molecule has 0 amide bonds. The molecule has 0 fully saturated rings. The summed E-state index contributed by atoms with van der Waals surface area (Å²) in [6, 6.07) is 38.7. The van der Waals surface area contributed by atoms with Gasteiger partial charge in [0, 0.05) is 43.3 Å². The zero-order chi connectivity index (χ0) is 47.7. The molecule has 4 heteroatoms. The van der Waals surface area contributed by atoms with Crippen molar-refractivity contribution in [2.24, 2.45) is 0 Å². The Kier molecular flexibility index (Phi) is 13.3. The Balaban J connectivity index is 0.000000286. The van der Waals surface area contributed by atoms with E-state index in [0.29, 0.717) is 0 Å². The molecule has 0 saturated heterocycles. The van der Waals surface area contributed by atoms with Crippen LogP contribution < -0.4 is 0 Å². The number of allylic oxidation sites excluding steroid dienone is 10. The molecule has 0 N–H and O–H groups in total. The smallest absolute Gasteiger partial charge is 0.124 e. The fourth-order valence-electron chi connectivity index (χ4n) is 11.5. The largest absolute Gasteiger partial charge is 0.314 e. The van der Waals surface area contributed by atoms with Crippen molar-refractivity contribution < 1.29 is 0 Å². The van der Waals surface area contributed by atoms with Gasteiger partial charge >= 0.3 is 0 Å². The quantitative estimate of drug-likeness (QED) is 0.162. The molecule has 0 spiro atoms. The third-order valence-electron chi connectivity index (χ3n) is 15.1. The summed E-state index contributed by atoms with van der Waals surface area (Å²) in [7, 11) is 0. The van der Waals surface area contributed by atoms with E-state index in [1.807, 2.05) is 36.5 Å².